The summed E-state index contributed by atoms with van der Waals surface area (Å²) in [6, 6.07) is -3.22. The van der Waals surface area contributed by atoms with Crippen molar-refractivity contribution in [2.24, 2.45) is 0 Å². The van der Waals surface area contributed by atoms with E-state index in [4.69, 9.17) is 28.2 Å². The molecule has 3 aliphatic rings. The van der Waals surface area contributed by atoms with Gasteiger partial charge in [0.1, 0.15) is 67.1 Å². The van der Waals surface area contributed by atoms with Crippen LogP contribution in [0.5, 0.6) is 0 Å². The third kappa shape index (κ3) is 9.98. The van der Waals surface area contributed by atoms with E-state index in [1.807, 2.05) is 0 Å². The normalized spacial score (nSPS) is 40.8. The monoisotopic (exact) mass is 754 g/mol. The van der Waals surface area contributed by atoms with Crippen molar-refractivity contribution in [2.45, 2.75) is 118 Å². The number of hydrogen-bond acceptors (Lipinski definition) is 20. The van der Waals surface area contributed by atoms with E-state index in [0.29, 0.717) is 0 Å². The van der Waals surface area contributed by atoms with Crippen molar-refractivity contribution in [1.29, 1.82) is 0 Å². The molecule has 0 aromatic carbocycles. The van der Waals surface area contributed by atoms with Crippen LogP contribution >= 0.6 is 0 Å². The van der Waals surface area contributed by atoms with Gasteiger partial charge in [0.05, 0.1) is 32.0 Å². The van der Waals surface area contributed by atoms with Gasteiger partial charge in [-0.3, -0.25) is 14.1 Å². The molecule has 3 rings (SSSR count). The van der Waals surface area contributed by atoms with Crippen molar-refractivity contribution in [2.75, 3.05) is 19.8 Å². The summed E-state index contributed by atoms with van der Waals surface area (Å²) in [6.45, 7) is -1.17. The smallest absolute Gasteiger partial charge is 0.397 e. The van der Waals surface area contributed by atoms with Gasteiger partial charge in [0, 0.05) is 20.3 Å². The van der Waals surface area contributed by atoms with Gasteiger partial charge in [-0.05, 0) is 0 Å². The highest BCUT2D eigenvalue weighted by Gasteiger charge is 2.57. The van der Waals surface area contributed by atoms with Gasteiger partial charge in [-0.2, -0.15) is 8.42 Å². The molecule has 3 aliphatic heterocycles. The van der Waals surface area contributed by atoms with Crippen LogP contribution in [-0.4, -0.2) is 199 Å². The van der Waals surface area contributed by atoms with Gasteiger partial charge in [0.2, 0.25) is 11.8 Å². The standard InChI is InChI=1S/C25H42N2O22S/c1-7(29)26-13-9(31)3-25(24(39)40,49-21(13)15(33)10(32)4-28)44-5-11-17(35)20(14(22(38)46-11)27-8(2)30)48-23-19(37)18(36)16(34)12(47-23)6-45-50(41,42)43/h9-23,28,31-38H,3-6H2,1-2H3,(H,26,29)(H,27,30)(H,39,40)(H,41,42,43). The first-order chi connectivity index (χ1) is 23.1. The number of nitrogens with one attached hydrogen (secondary N) is 2. The number of hydrogen-bond donors (Lipinski definition) is 13. The molecule has 3 saturated heterocycles. The second kappa shape index (κ2) is 17.0. The summed E-state index contributed by atoms with van der Waals surface area (Å²) < 4.78 is 62.2. The molecule has 13 N–H and O–H groups in total. The average Bonchev–Trinajstić information content (AvgIpc) is 3.02. The maximum Gasteiger partial charge on any atom is 0.397 e. The van der Waals surface area contributed by atoms with E-state index < -0.39 is 152 Å². The maximum absolute atomic E-state index is 12.5. The lowest BCUT2D eigenvalue weighted by Crippen LogP contribution is -2.69. The van der Waals surface area contributed by atoms with Crippen molar-refractivity contribution in [3.8, 4) is 0 Å². The highest BCUT2D eigenvalue weighted by atomic mass is 32.3. The molecular formula is C25H42N2O22S. The lowest BCUT2D eigenvalue weighted by molar-refractivity contribution is -0.351. The highest BCUT2D eigenvalue weighted by molar-refractivity contribution is 7.80. The van der Waals surface area contributed by atoms with Crippen LogP contribution in [-0.2, 0) is 52.7 Å². The number of carbonyl (C=O) groups excluding carboxylic acids is 2. The second-order valence-corrected chi connectivity index (χ2v) is 12.9. The molecular weight excluding hydrogens is 712 g/mol. The average molecular weight is 755 g/mol. The Morgan fingerprint density at radius 3 is 2.00 bits per heavy atom. The van der Waals surface area contributed by atoms with Gasteiger partial charge in [-0.25, -0.2) is 8.98 Å². The molecule has 0 saturated carbocycles. The second-order valence-electron chi connectivity index (χ2n) is 11.8. The molecule has 290 valence electrons. The Hall–Kier alpha value is -2.28. The zero-order valence-electron chi connectivity index (χ0n) is 26.3. The molecule has 50 heavy (non-hydrogen) atoms. The van der Waals surface area contributed by atoms with Crippen LogP contribution in [0.25, 0.3) is 0 Å². The number of aliphatic carboxylic acids is 1. The Bertz CT molecular complexity index is 1290. The van der Waals surface area contributed by atoms with E-state index in [-0.39, 0.29) is 0 Å². The van der Waals surface area contributed by atoms with Gasteiger partial charge >= 0.3 is 16.4 Å². The first-order valence-electron chi connectivity index (χ1n) is 14.8. The fraction of sp³-hybridized carbons (Fsp3) is 0.880. The van der Waals surface area contributed by atoms with Crippen LogP contribution in [0.1, 0.15) is 20.3 Å². The number of aliphatic hydroxyl groups excluding tert-OH is 9. The summed E-state index contributed by atoms with van der Waals surface area (Å²) in [5.41, 5.74) is 0. The predicted octanol–water partition coefficient (Wildman–Crippen LogP) is -8.25. The molecule has 3 fully saturated rings. The molecule has 3 heterocycles. The molecule has 0 aliphatic carbocycles. The van der Waals surface area contributed by atoms with Crippen molar-refractivity contribution in [1.82, 2.24) is 10.6 Å². The van der Waals surface area contributed by atoms with Gasteiger partial charge in [0.25, 0.3) is 5.79 Å². The minimum Gasteiger partial charge on any atom is -0.477 e. The third-order valence-corrected chi connectivity index (χ3v) is 8.50. The Morgan fingerprint density at radius 1 is 0.880 bits per heavy atom. The number of carbonyl (C=O) groups is 3. The van der Waals surface area contributed by atoms with E-state index >= 15 is 0 Å². The molecule has 0 bridgehead atoms. The fourth-order valence-corrected chi connectivity index (χ4v) is 5.90. The van der Waals surface area contributed by atoms with Crippen molar-refractivity contribution < 1.29 is 106 Å². The molecule has 0 aromatic rings. The molecule has 16 unspecified atom stereocenters. The van der Waals surface area contributed by atoms with Crippen LogP contribution in [0.4, 0.5) is 0 Å². The maximum atomic E-state index is 12.5. The first kappa shape index (κ1) is 42.1. The Balaban J connectivity index is 1.88. The van der Waals surface area contributed by atoms with Crippen molar-refractivity contribution in [3.05, 3.63) is 0 Å². The van der Waals surface area contributed by atoms with Crippen molar-refractivity contribution >= 4 is 28.2 Å². The quantitative estimate of drug-likeness (QED) is 0.0732. The minimum absolute atomic E-state index is 0.754. The first-order valence-corrected chi connectivity index (χ1v) is 16.2. The zero-order valence-corrected chi connectivity index (χ0v) is 27.1. The van der Waals surface area contributed by atoms with Crippen LogP contribution < -0.4 is 10.6 Å². The predicted molar refractivity (Wildman–Crippen MR) is 152 cm³/mol. The van der Waals surface area contributed by atoms with Crippen LogP contribution in [0.15, 0.2) is 0 Å². The SMILES string of the molecule is CC(=O)NC1C(O)CC(OCC2OC(O)C(NC(C)=O)C(OC3OC(COS(=O)(=O)O)C(O)C(O)C3O)C2O)(C(=O)O)OC1C(O)C(O)CO. The van der Waals surface area contributed by atoms with Gasteiger partial charge in [-0.15, -0.1) is 0 Å². The minimum atomic E-state index is -5.07. The Labute approximate surface area is 283 Å². The van der Waals surface area contributed by atoms with Crippen LogP contribution in [0.3, 0.4) is 0 Å². The number of carboxylic acids is 1. The molecule has 0 aromatic heterocycles. The number of carboxylic acid groups (broad SMARTS) is 1. The number of rotatable bonds is 14. The third-order valence-electron chi connectivity index (χ3n) is 8.07. The highest BCUT2D eigenvalue weighted by Crippen LogP contribution is 2.35. The summed E-state index contributed by atoms with van der Waals surface area (Å²) >= 11 is 0. The summed E-state index contributed by atoms with van der Waals surface area (Å²) in [5, 5.41) is 108. The molecule has 0 spiro atoms. The fourth-order valence-electron chi connectivity index (χ4n) is 5.59. The van der Waals surface area contributed by atoms with Gasteiger partial charge in [-0.1, -0.05) is 0 Å². The van der Waals surface area contributed by atoms with Crippen molar-refractivity contribution in [3.63, 3.8) is 0 Å². The Kier molecular flexibility index (Phi) is 14.4. The van der Waals surface area contributed by atoms with E-state index in [1.54, 1.807) is 0 Å². The summed E-state index contributed by atoms with van der Waals surface area (Å²) in [7, 11) is -5.07. The zero-order chi connectivity index (χ0) is 37.9. The lowest BCUT2D eigenvalue weighted by Gasteiger charge is -2.48. The van der Waals surface area contributed by atoms with E-state index in [1.165, 1.54) is 0 Å². The van der Waals surface area contributed by atoms with Gasteiger partial charge in [0.15, 0.2) is 12.6 Å². The number of amides is 2. The largest absolute Gasteiger partial charge is 0.477 e. The number of aliphatic hydroxyl groups is 9. The van der Waals surface area contributed by atoms with Crippen LogP contribution in [0, 0.1) is 0 Å². The summed E-state index contributed by atoms with van der Waals surface area (Å²) in [6.07, 6.45) is -26.7. The lowest BCUT2D eigenvalue weighted by atomic mass is 9.88. The summed E-state index contributed by atoms with van der Waals surface area (Å²) in [5.74, 6) is -6.40. The van der Waals surface area contributed by atoms with E-state index in [2.05, 4.69) is 14.8 Å². The van der Waals surface area contributed by atoms with Gasteiger partial charge < -0.3 is 85.4 Å². The van der Waals surface area contributed by atoms with E-state index in [9.17, 15) is 73.9 Å². The Morgan fingerprint density at radius 2 is 1.46 bits per heavy atom. The molecule has 2 amide bonds. The summed E-state index contributed by atoms with van der Waals surface area (Å²) in [4.78, 5) is 36.2. The topological polar surface area (TPSA) is 387 Å². The van der Waals surface area contributed by atoms with E-state index in [0.717, 1.165) is 13.8 Å². The molecule has 25 heteroatoms. The number of ether oxygens (including phenoxy) is 5. The molecule has 24 nitrogen and oxygen atoms in total. The van der Waals surface area contributed by atoms with Crippen LogP contribution in [0.2, 0.25) is 0 Å². The molecule has 0 radical (unpaired) electrons. The molecule has 16 atom stereocenters.